The molecule has 5 nitrogen and oxygen atoms in total. The maximum atomic E-state index is 13.8. The van der Waals surface area contributed by atoms with Gasteiger partial charge in [0.1, 0.15) is 11.6 Å². The van der Waals surface area contributed by atoms with Gasteiger partial charge in [-0.05, 0) is 36.2 Å². The van der Waals surface area contributed by atoms with E-state index in [1.54, 1.807) is 13.2 Å². The largest absolute Gasteiger partial charge is 0.380 e. The molecule has 2 atom stereocenters. The number of imidazole rings is 1. The molecule has 1 aromatic heterocycles. The molecule has 2 aromatic carbocycles. The first kappa shape index (κ1) is 16.1. The number of nitrogens with one attached hydrogen (secondary N) is 1. The Morgan fingerprint density at radius 1 is 1.25 bits per heavy atom. The van der Waals surface area contributed by atoms with E-state index < -0.39 is 5.82 Å². The Kier molecular flexibility index (Phi) is 4.30. The summed E-state index contributed by atoms with van der Waals surface area (Å²) in [4.78, 5) is 10.8. The van der Waals surface area contributed by atoms with Crippen molar-refractivity contribution in [2.24, 2.45) is 5.73 Å². The molecule has 3 N–H and O–H groups in total. The number of benzene rings is 2. The van der Waals surface area contributed by atoms with E-state index in [0.29, 0.717) is 11.4 Å². The monoisotopic (exact) mass is 324 g/mol. The summed E-state index contributed by atoms with van der Waals surface area (Å²) in [5.74, 6) is 0.120. The fourth-order valence-electron chi connectivity index (χ4n) is 2.51. The van der Waals surface area contributed by atoms with Crippen LogP contribution in [0.15, 0.2) is 36.4 Å². The third-order valence-corrected chi connectivity index (χ3v) is 4.09. The van der Waals surface area contributed by atoms with Gasteiger partial charge in [-0.2, -0.15) is 0 Å². The lowest BCUT2D eigenvalue weighted by atomic mass is 10.0. The predicted molar refractivity (Wildman–Crippen MR) is 91.1 cm³/mol. The van der Waals surface area contributed by atoms with Crippen LogP contribution in [0.4, 0.5) is 10.1 Å². The third kappa shape index (κ3) is 2.87. The second-order valence-electron chi connectivity index (χ2n) is 5.60. The summed E-state index contributed by atoms with van der Waals surface area (Å²) in [6.07, 6.45) is -0.166. The SMILES string of the molecule is [C-]#[N+]c1ccc(-c2ccc3nc([C@@H](N)[C@@H](C)OC)[nH]c3c2)cc1F. The van der Waals surface area contributed by atoms with Gasteiger partial charge in [-0.1, -0.05) is 18.2 Å². The Labute approximate surface area is 139 Å². The molecule has 0 saturated heterocycles. The number of rotatable bonds is 4. The molecule has 122 valence electrons. The van der Waals surface area contributed by atoms with Crippen molar-refractivity contribution in [2.75, 3.05) is 7.11 Å². The highest BCUT2D eigenvalue weighted by atomic mass is 19.1. The lowest BCUT2D eigenvalue weighted by Crippen LogP contribution is -2.26. The predicted octanol–water partition coefficient (Wildman–Crippen LogP) is 3.95. The topological polar surface area (TPSA) is 68.3 Å². The van der Waals surface area contributed by atoms with Crippen molar-refractivity contribution in [3.05, 3.63) is 59.5 Å². The van der Waals surface area contributed by atoms with Crippen molar-refractivity contribution in [1.29, 1.82) is 0 Å². The first-order chi connectivity index (χ1) is 11.5. The number of methoxy groups -OCH3 is 1. The quantitative estimate of drug-likeness (QED) is 0.714. The van der Waals surface area contributed by atoms with Gasteiger partial charge in [-0.25, -0.2) is 14.2 Å². The van der Waals surface area contributed by atoms with E-state index in [0.717, 1.165) is 16.6 Å². The molecule has 0 aliphatic rings. The lowest BCUT2D eigenvalue weighted by Gasteiger charge is -2.15. The Hall–Kier alpha value is -2.75. The van der Waals surface area contributed by atoms with E-state index in [1.165, 1.54) is 12.1 Å². The number of nitrogens with two attached hydrogens (primary N) is 1. The first-order valence-corrected chi connectivity index (χ1v) is 7.49. The second kappa shape index (κ2) is 6.40. The number of hydrogen-bond acceptors (Lipinski definition) is 3. The molecule has 3 aromatic rings. The number of aromatic amines is 1. The summed E-state index contributed by atoms with van der Waals surface area (Å²) in [7, 11) is 1.60. The maximum absolute atomic E-state index is 13.8. The Bertz CT molecular complexity index is 928. The average molecular weight is 324 g/mol. The highest BCUT2D eigenvalue weighted by Crippen LogP contribution is 2.28. The Morgan fingerprint density at radius 3 is 2.62 bits per heavy atom. The molecule has 0 bridgehead atoms. The molecular formula is C18H17FN4O. The second-order valence-corrected chi connectivity index (χ2v) is 5.60. The molecule has 0 aliphatic carbocycles. The minimum absolute atomic E-state index is 0.0168. The van der Waals surface area contributed by atoms with E-state index in [1.807, 2.05) is 25.1 Å². The van der Waals surface area contributed by atoms with Gasteiger partial charge in [-0.15, -0.1) is 0 Å². The smallest absolute Gasteiger partial charge is 0.222 e. The van der Waals surface area contributed by atoms with E-state index in [9.17, 15) is 4.39 Å². The number of aromatic nitrogens is 2. The normalized spacial score (nSPS) is 13.6. The Morgan fingerprint density at radius 2 is 1.96 bits per heavy atom. The summed E-state index contributed by atoms with van der Waals surface area (Å²) >= 11 is 0. The summed E-state index contributed by atoms with van der Waals surface area (Å²) in [6, 6.07) is 9.83. The van der Waals surface area contributed by atoms with Gasteiger partial charge < -0.3 is 15.5 Å². The van der Waals surface area contributed by atoms with Crippen LogP contribution in [0.3, 0.4) is 0 Å². The minimum Gasteiger partial charge on any atom is -0.380 e. The fraction of sp³-hybridized carbons (Fsp3) is 0.222. The van der Waals surface area contributed by atoms with Gasteiger partial charge in [0.25, 0.3) is 0 Å². The van der Waals surface area contributed by atoms with E-state index >= 15 is 0 Å². The summed E-state index contributed by atoms with van der Waals surface area (Å²) < 4.78 is 19.1. The molecule has 0 unspecified atom stereocenters. The van der Waals surface area contributed by atoms with Crippen molar-refractivity contribution < 1.29 is 9.13 Å². The zero-order valence-electron chi connectivity index (χ0n) is 13.4. The van der Waals surface area contributed by atoms with Crippen LogP contribution in [-0.4, -0.2) is 23.2 Å². The van der Waals surface area contributed by atoms with Crippen LogP contribution in [-0.2, 0) is 4.74 Å². The van der Waals surface area contributed by atoms with Crippen LogP contribution in [0.25, 0.3) is 27.0 Å². The van der Waals surface area contributed by atoms with Crippen LogP contribution in [0, 0.1) is 12.4 Å². The van der Waals surface area contributed by atoms with Crippen molar-refractivity contribution in [2.45, 2.75) is 19.1 Å². The minimum atomic E-state index is -0.524. The highest BCUT2D eigenvalue weighted by molar-refractivity contribution is 5.82. The molecular weight excluding hydrogens is 307 g/mol. The zero-order chi connectivity index (χ0) is 17.3. The number of ether oxygens (including phenoxy) is 1. The molecule has 0 spiro atoms. The highest BCUT2D eigenvalue weighted by Gasteiger charge is 2.18. The van der Waals surface area contributed by atoms with Crippen LogP contribution in [0.2, 0.25) is 0 Å². The van der Waals surface area contributed by atoms with Crippen LogP contribution >= 0.6 is 0 Å². The van der Waals surface area contributed by atoms with Gasteiger partial charge in [0.2, 0.25) is 5.69 Å². The number of fused-ring (bicyclic) bond motifs is 1. The molecule has 3 rings (SSSR count). The molecule has 0 saturated carbocycles. The van der Waals surface area contributed by atoms with Crippen molar-refractivity contribution in [1.82, 2.24) is 9.97 Å². The molecule has 0 amide bonds. The molecule has 1 heterocycles. The van der Waals surface area contributed by atoms with Crippen molar-refractivity contribution in [3.63, 3.8) is 0 Å². The first-order valence-electron chi connectivity index (χ1n) is 7.49. The fourth-order valence-corrected chi connectivity index (χ4v) is 2.51. The summed E-state index contributed by atoms with van der Waals surface area (Å²) in [5, 5.41) is 0. The maximum Gasteiger partial charge on any atom is 0.222 e. The van der Waals surface area contributed by atoms with Crippen LogP contribution in [0.1, 0.15) is 18.8 Å². The number of nitrogens with zero attached hydrogens (tertiary/aromatic N) is 2. The number of hydrogen-bond donors (Lipinski definition) is 2. The van der Waals surface area contributed by atoms with E-state index in [-0.39, 0.29) is 17.8 Å². The van der Waals surface area contributed by atoms with Gasteiger partial charge in [0.05, 0.1) is 29.8 Å². The van der Waals surface area contributed by atoms with Crippen LogP contribution < -0.4 is 5.73 Å². The van der Waals surface area contributed by atoms with Gasteiger partial charge in [0.15, 0.2) is 0 Å². The average Bonchev–Trinajstić information content (AvgIpc) is 3.03. The number of H-pyrrole nitrogens is 1. The zero-order valence-corrected chi connectivity index (χ0v) is 13.4. The molecule has 0 aliphatic heterocycles. The third-order valence-electron chi connectivity index (χ3n) is 4.09. The Balaban J connectivity index is 2.00. The molecule has 6 heteroatoms. The van der Waals surface area contributed by atoms with Gasteiger partial charge in [-0.3, -0.25) is 0 Å². The lowest BCUT2D eigenvalue weighted by molar-refractivity contribution is 0.0935. The van der Waals surface area contributed by atoms with E-state index in [4.69, 9.17) is 17.0 Å². The summed E-state index contributed by atoms with van der Waals surface area (Å²) in [5.41, 5.74) is 9.27. The van der Waals surface area contributed by atoms with Crippen LogP contribution in [0.5, 0.6) is 0 Å². The molecule has 0 fully saturated rings. The molecule has 0 radical (unpaired) electrons. The van der Waals surface area contributed by atoms with Gasteiger partial charge in [0, 0.05) is 7.11 Å². The van der Waals surface area contributed by atoms with Crippen molar-refractivity contribution >= 4 is 16.7 Å². The van der Waals surface area contributed by atoms with Gasteiger partial charge >= 0.3 is 0 Å². The standard InChI is InChI=1S/C18H17FN4O/c1-10(24-3)17(20)18-22-15-7-5-12(9-16(15)23-18)11-4-6-14(21-2)13(19)8-11/h4-10,17H,20H2,1,3H3,(H,22,23)/t10-,17+/m1/s1. The summed E-state index contributed by atoms with van der Waals surface area (Å²) in [6.45, 7) is 8.79. The number of halogens is 1. The van der Waals surface area contributed by atoms with Crippen molar-refractivity contribution in [3.8, 4) is 11.1 Å². The molecule has 24 heavy (non-hydrogen) atoms. The van der Waals surface area contributed by atoms with E-state index in [2.05, 4.69) is 14.8 Å².